The van der Waals surface area contributed by atoms with Crippen molar-refractivity contribution in [3.8, 4) is 6.07 Å². The van der Waals surface area contributed by atoms with Crippen LogP contribution in [0.5, 0.6) is 0 Å². The molecule has 23 heavy (non-hydrogen) atoms. The maximum atomic E-state index is 12.3. The maximum absolute atomic E-state index is 12.3. The smallest absolute Gasteiger partial charge is 0.221 e. The van der Waals surface area contributed by atoms with Crippen molar-refractivity contribution in [1.82, 2.24) is 10.5 Å². The fourth-order valence-electron chi connectivity index (χ4n) is 2.68. The zero-order chi connectivity index (χ0) is 17.0. The summed E-state index contributed by atoms with van der Waals surface area (Å²) in [6.45, 7) is 5.61. The molecule has 6 heteroatoms. The first-order chi connectivity index (χ1) is 10.9. The highest BCUT2D eigenvalue weighted by molar-refractivity contribution is 6.31. The summed E-state index contributed by atoms with van der Waals surface area (Å²) >= 11 is 6.09. The van der Waals surface area contributed by atoms with Crippen LogP contribution in [0.2, 0.25) is 5.02 Å². The Balaban J connectivity index is 2.07. The normalized spacial score (nSPS) is 13.2. The number of hydrogen-bond donors (Lipinski definition) is 1. The Bertz CT molecular complexity index is 729. The predicted octanol–water partition coefficient (Wildman–Crippen LogP) is 3.82. The number of aromatic nitrogens is 1. The van der Waals surface area contributed by atoms with E-state index in [0.29, 0.717) is 16.3 Å². The lowest BCUT2D eigenvalue weighted by molar-refractivity contribution is -0.121. The number of rotatable bonds is 5. The van der Waals surface area contributed by atoms with Crippen LogP contribution < -0.4 is 5.32 Å². The van der Waals surface area contributed by atoms with Gasteiger partial charge in [-0.3, -0.25) is 4.79 Å². The van der Waals surface area contributed by atoms with Crippen LogP contribution in [0.3, 0.4) is 0 Å². The van der Waals surface area contributed by atoms with Gasteiger partial charge in [0.2, 0.25) is 5.91 Å². The molecular weight excluding hydrogens is 314 g/mol. The van der Waals surface area contributed by atoms with Gasteiger partial charge >= 0.3 is 0 Å². The topological polar surface area (TPSA) is 78.9 Å². The number of carbonyl (C=O) groups is 1. The summed E-state index contributed by atoms with van der Waals surface area (Å²) in [6.07, 6.45) is 0.242. The van der Waals surface area contributed by atoms with Crippen LogP contribution in [0.4, 0.5) is 0 Å². The van der Waals surface area contributed by atoms with Crippen LogP contribution in [0.15, 0.2) is 28.8 Å². The zero-order valence-electron chi connectivity index (χ0n) is 13.3. The molecule has 0 aliphatic rings. The Morgan fingerprint density at radius 3 is 2.70 bits per heavy atom. The molecule has 0 aliphatic carbocycles. The summed E-state index contributed by atoms with van der Waals surface area (Å²) in [7, 11) is 0. The first kappa shape index (κ1) is 17.0. The van der Waals surface area contributed by atoms with Gasteiger partial charge in [-0.15, -0.1) is 0 Å². The highest BCUT2D eigenvalue weighted by Gasteiger charge is 2.22. The lowest BCUT2D eigenvalue weighted by atomic mass is 9.95. The van der Waals surface area contributed by atoms with E-state index < -0.39 is 6.04 Å². The van der Waals surface area contributed by atoms with Crippen molar-refractivity contribution in [1.29, 1.82) is 5.26 Å². The minimum atomic E-state index is -0.770. The van der Waals surface area contributed by atoms with E-state index in [1.54, 1.807) is 24.3 Å². The third-order valence-corrected chi connectivity index (χ3v) is 4.07. The zero-order valence-corrected chi connectivity index (χ0v) is 14.0. The third-order valence-electron chi connectivity index (χ3n) is 3.72. The van der Waals surface area contributed by atoms with E-state index in [-0.39, 0.29) is 18.2 Å². The summed E-state index contributed by atoms with van der Waals surface area (Å²) in [5.74, 6) is 0.446. The molecule has 2 aromatic rings. The fourth-order valence-corrected chi connectivity index (χ4v) is 2.93. The van der Waals surface area contributed by atoms with Gasteiger partial charge in [0.1, 0.15) is 11.8 Å². The maximum Gasteiger partial charge on any atom is 0.221 e. The number of benzene rings is 1. The number of nitrogens with one attached hydrogen (secondary N) is 1. The molecule has 1 amide bonds. The number of carbonyl (C=O) groups excluding carboxylic acids is 1. The van der Waals surface area contributed by atoms with Gasteiger partial charge in [0.05, 0.1) is 11.8 Å². The highest BCUT2D eigenvalue weighted by Crippen LogP contribution is 2.27. The van der Waals surface area contributed by atoms with Gasteiger partial charge in [-0.1, -0.05) is 41.9 Å². The van der Waals surface area contributed by atoms with E-state index in [9.17, 15) is 10.1 Å². The SMILES string of the molecule is Cc1noc(C)c1[C@H](C)CC(=O)N[C@@H](C#N)c1ccccc1Cl. The average molecular weight is 332 g/mol. The molecule has 0 aliphatic heterocycles. The van der Waals surface area contributed by atoms with Crippen molar-refractivity contribution < 1.29 is 9.32 Å². The Kier molecular flexibility index (Phi) is 5.41. The number of aryl methyl sites for hydroxylation is 2. The van der Waals surface area contributed by atoms with Gasteiger partial charge in [-0.05, 0) is 25.8 Å². The van der Waals surface area contributed by atoms with Crippen molar-refractivity contribution >= 4 is 17.5 Å². The third kappa shape index (κ3) is 3.91. The van der Waals surface area contributed by atoms with Crippen molar-refractivity contribution in [3.05, 3.63) is 51.9 Å². The van der Waals surface area contributed by atoms with E-state index in [0.717, 1.165) is 11.3 Å². The van der Waals surface area contributed by atoms with Crippen LogP contribution >= 0.6 is 11.6 Å². The van der Waals surface area contributed by atoms with Gasteiger partial charge in [0, 0.05) is 22.6 Å². The summed E-state index contributed by atoms with van der Waals surface area (Å²) in [5, 5.41) is 16.4. The molecule has 0 saturated carbocycles. The van der Waals surface area contributed by atoms with Crippen molar-refractivity contribution in [2.75, 3.05) is 0 Å². The number of amides is 1. The van der Waals surface area contributed by atoms with Gasteiger partial charge in [0.15, 0.2) is 0 Å². The minimum absolute atomic E-state index is 0.0492. The number of nitrogens with zero attached hydrogens (tertiary/aromatic N) is 2. The van der Waals surface area contributed by atoms with Crippen LogP contribution in [0, 0.1) is 25.2 Å². The van der Waals surface area contributed by atoms with E-state index in [4.69, 9.17) is 16.1 Å². The van der Waals surface area contributed by atoms with E-state index >= 15 is 0 Å². The molecular formula is C17H18ClN3O2. The molecule has 0 spiro atoms. The predicted molar refractivity (Wildman–Crippen MR) is 87.0 cm³/mol. The Hall–Kier alpha value is -2.32. The molecule has 120 valence electrons. The summed E-state index contributed by atoms with van der Waals surface area (Å²) < 4.78 is 5.13. The molecule has 0 saturated heterocycles. The summed E-state index contributed by atoms with van der Waals surface area (Å²) in [6, 6.07) is 8.29. The average Bonchev–Trinajstić information content (AvgIpc) is 2.84. The van der Waals surface area contributed by atoms with Crippen molar-refractivity contribution in [2.24, 2.45) is 0 Å². The van der Waals surface area contributed by atoms with Crippen LogP contribution in [-0.4, -0.2) is 11.1 Å². The monoisotopic (exact) mass is 331 g/mol. The largest absolute Gasteiger partial charge is 0.361 e. The first-order valence-corrected chi connectivity index (χ1v) is 7.68. The molecule has 1 aromatic carbocycles. The number of nitriles is 1. The molecule has 2 atom stereocenters. The second-order valence-electron chi connectivity index (χ2n) is 5.49. The molecule has 0 fully saturated rings. The molecule has 0 radical (unpaired) electrons. The lowest BCUT2D eigenvalue weighted by Gasteiger charge is -2.16. The standard InChI is InChI=1S/C17H18ClN3O2/c1-10(17-11(2)21-23-12(17)3)8-16(22)20-15(9-19)13-6-4-5-7-14(13)18/h4-7,10,15H,8H2,1-3H3,(H,20,22)/t10-,15+/m1/s1. The Labute approximate surface area is 140 Å². The molecule has 5 nitrogen and oxygen atoms in total. The van der Waals surface area contributed by atoms with E-state index in [2.05, 4.69) is 16.5 Å². The number of hydrogen-bond acceptors (Lipinski definition) is 4. The Morgan fingerprint density at radius 1 is 1.43 bits per heavy atom. The first-order valence-electron chi connectivity index (χ1n) is 7.30. The highest BCUT2D eigenvalue weighted by atomic mass is 35.5. The molecule has 2 rings (SSSR count). The summed E-state index contributed by atoms with van der Waals surface area (Å²) in [5.41, 5.74) is 2.31. The second kappa shape index (κ2) is 7.30. The molecule has 1 N–H and O–H groups in total. The van der Waals surface area contributed by atoms with Gasteiger partial charge in [-0.2, -0.15) is 5.26 Å². The van der Waals surface area contributed by atoms with E-state index in [1.807, 2.05) is 20.8 Å². The molecule has 1 heterocycles. The number of halogens is 1. The van der Waals surface area contributed by atoms with Crippen LogP contribution in [-0.2, 0) is 4.79 Å². The van der Waals surface area contributed by atoms with Crippen LogP contribution in [0.25, 0.3) is 0 Å². The minimum Gasteiger partial charge on any atom is -0.361 e. The van der Waals surface area contributed by atoms with Crippen molar-refractivity contribution in [3.63, 3.8) is 0 Å². The molecule has 0 bridgehead atoms. The second-order valence-corrected chi connectivity index (χ2v) is 5.90. The van der Waals surface area contributed by atoms with Gasteiger partial charge in [-0.25, -0.2) is 0 Å². The molecule has 1 aromatic heterocycles. The lowest BCUT2D eigenvalue weighted by Crippen LogP contribution is -2.28. The van der Waals surface area contributed by atoms with E-state index in [1.165, 1.54) is 0 Å². The van der Waals surface area contributed by atoms with Crippen LogP contribution in [0.1, 0.15) is 47.9 Å². The fraction of sp³-hybridized carbons (Fsp3) is 0.353. The molecule has 0 unspecified atom stereocenters. The van der Waals surface area contributed by atoms with Gasteiger partial charge < -0.3 is 9.84 Å². The Morgan fingerprint density at radius 2 is 2.13 bits per heavy atom. The summed E-state index contributed by atoms with van der Waals surface area (Å²) in [4.78, 5) is 12.3. The quantitative estimate of drug-likeness (QED) is 0.903. The van der Waals surface area contributed by atoms with Gasteiger partial charge in [0.25, 0.3) is 0 Å². The van der Waals surface area contributed by atoms with Crippen molar-refractivity contribution in [2.45, 2.75) is 39.2 Å².